The van der Waals surface area contributed by atoms with Crippen LogP contribution in [-0.2, 0) is 0 Å². The molecule has 0 aliphatic heterocycles. The number of hydrogen-bond acceptors (Lipinski definition) is 4. The molecule has 0 saturated heterocycles. The summed E-state index contributed by atoms with van der Waals surface area (Å²) in [5.41, 5.74) is 1.48. The van der Waals surface area contributed by atoms with Gasteiger partial charge in [-0.15, -0.1) is 0 Å². The van der Waals surface area contributed by atoms with Crippen molar-refractivity contribution in [3.63, 3.8) is 0 Å². The van der Waals surface area contributed by atoms with Gasteiger partial charge in [0, 0.05) is 36.6 Å². The molecule has 0 saturated carbocycles. The average Bonchev–Trinajstić information content (AvgIpc) is 2.60. The molecule has 1 amide bonds. The number of carbonyl (C=O) groups is 1. The molecule has 1 atom stereocenters. The van der Waals surface area contributed by atoms with E-state index in [-0.39, 0.29) is 11.9 Å². The Kier molecular flexibility index (Phi) is 3.78. The third kappa shape index (κ3) is 2.53. The molecule has 22 heavy (non-hydrogen) atoms. The first-order valence-corrected chi connectivity index (χ1v) is 7.04. The van der Waals surface area contributed by atoms with Crippen molar-refractivity contribution in [2.75, 3.05) is 7.05 Å². The lowest BCUT2D eigenvalue weighted by molar-refractivity contribution is 0.0741. The maximum atomic E-state index is 12.8. The Balaban J connectivity index is 1.96. The monoisotopic (exact) mass is 292 g/mol. The maximum Gasteiger partial charge on any atom is 0.254 e. The molecule has 5 heteroatoms. The highest BCUT2D eigenvalue weighted by Crippen LogP contribution is 2.23. The summed E-state index contributed by atoms with van der Waals surface area (Å²) in [4.78, 5) is 26.8. The van der Waals surface area contributed by atoms with Gasteiger partial charge in [0.05, 0.1) is 11.7 Å². The van der Waals surface area contributed by atoms with Crippen molar-refractivity contribution in [3.05, 3.63) is 66.5 Å². The van der Waals surface area contributed by atoms with Gasteiger partial charge in [-0.25, -0.2) is 9.97 Å². The SMILES string of the molecule is C[C@H](c1ccncn1)N(C)C(=O)c1cccc2cnccc12. The molecular formula is C17H16N4O. The predicted octanol–water partition coefficient (Wildman–Crippen LogP) is 2.86. The molecule has 2 aromatic heterocycles. The highest BCUT2D eigenvalue weighted by Gasteiger charge is 2.21. The van der Waals surface area contributed by atoms with E-state index in [2.05, 4.69) is 15.0 Å². The topological polar surface area (TPSA) is 59.0 Å². The number of carbonyl (C=O) groups excluding carboxylic acids is 1. The molecule has 110 valence electrons. The largest absolute Gasteiger partial charge is 0.333 e. The number of hydrogen-bond donors (Lipinski definition) is 0. The van der Waals surface area contributed by atoms with E-state index in [9.17, 15) is 4.79 Å². The minimum Gasteiger partial charge on any atom is -0.333 e. The number of benzene rings is 1. The Hall–Kier alpha value is -2.82. The molecule has 0 radical (unpaired) electrons. The average molecular weight is 292 g/mol. The molecule has 0 fully saturated rings. The zero-order chi connectivity index (χ0) is 15.5. The van der Waals surface area contributed by atoms with Gasteiger partial charge in [-0.2, -0.15) is 0 Å². The highest BCUT2D eigenvalue weighted by molar-refractivity contribution is 6.06. The van der Waals surface area contributed by atoms with Crippen molar-refractivity contribution < 1.29 is 4.79 Å². The molecule has 3 rings (SSSR count). The number of amides is 1. The van der Waals surface area contributed by atoms with E-state index >= 15 is 0 Å². The fourth-order valence-electron chi connectivity index (χ4n) is 2.42. The Bertz CT molecular complexity index is 799. The van der Waals surface area contributed by atoms with E-state index in [0.29, 0.717) is 5.56 Å². The van der Waals surface area contributed by atoms with Crippen molar-refractivity contribution in [3.8, 4) is 0 Å². The molecule has 0 bridgehead atoms. The third-order valence-corrected chi connectivity index (χ3v) is 3.85. The van der Waals surface area contributed by atoms with E-state index in [1.165, 1.54) is 6.33 Å². The lowest BCUT2D eigenvalue weighted by Crippen LogP contribution is -2.30. The van der Waals surface area contributed by atoms with Crippen LogP contribution in [0.15, 0.2) is 55.2 Å². The first kappa shape index (κ1) is 14.1. The fourth-order valence-corrected chi connectivity index (χ4v) is 2.42. The Morgan fingerprint density at radius 3 is 2.73 bits per heavy atom. The second-order valence-corrected chi connectivity index (χ2v) is 5.13. The summed E-state index contributed by atoms with van der Waals surface area (Å²) in [5.74, 6) is -0.0390. The van der Waals surface area contributed by atoms with Crippen molar-refractivity contribution in [2.24, 2.45) is 0 Å². The standard InChI is InChI=1S/C17H16N4O/c1-12(16-7-9-19-11-20-16)21(2)17(22)15-5-3-4-13-10-18-8-6-14(13)15/h3-12H,1-2H3/t12-/m1/s1. The summed E-state index contributed by atoms with van der Waals surface area (Å²) in [7, 11) is 1.79. The van der Waals surface area contributed by atoms with E-state index in [1.54, 1.807) is 30.5 Å². The van der Waals surface area contributed by atoms with E-state index < -0.39 is 0 Å². The normalized spacial score (nSPS) is 12.1. The number of nitrogens with zero attached hydrogens (tertiary/aromatic N) is 4. The summed E-state index contributed by atoms with van der Waals surface area (Å²) in [6.45, 7) is 1.95. The van der Waals surface area contributed by atoms with Crippen LogP contribution in [0.3, 0.4) is 0 Å². The van der Waals surface area contributed by atoms with Gasteiger partial charge in [0.15, 0.2) is 0 Å². The quantitative estimate of drug-likeness (QED) is 0.745. The lowest BCUT2D eigenvalue weighted by atomic mass is 10.0. The molecule has 0 spiro atoms. The van der Waals surface area contributed by atoms with Crippen LogP contribution in [0.4, 0.5) is 0 Å². The zero-order valence-corrected chi connectivity index (χ0v) is 12.5. The molecule has 0 N–H and O–H groups in total. The Labute approximate surface area is 128 Å². The summed E-state index contributed by atoms with van der Waals surface area (Å²) < 4.78 is 0. The molecule has 5 nitrogen and oxygen atoms in total. The lowest BCUT2D eigenvalue weighted by Gasteiger charge is -2.25. The van der Waals surface area contributed by atoms with Crippen LogP contribution in [0.2, 0.25) is 0 Å². The smallest absolute Gasteiger partial charge is 0.254 e. The molecule has 2 heterocycles. The maximum absolute atomic E-state index is 12.8. The predicted molar refractivity (Wildman–Crippen MR) is 84.3 cm³/mol. The molecule has 3 aromatic rings. The Morgan fingerprint density at radius 1 is 1.14 bits per heavy atom. The van der Waals surface area contributed by atoms with Crippen molar-refractivity contribution >= 4 is 16.7 Å². The number of rotatable bonds is 3. The van der Waals surface area contributed by atoms with Crippen LogP contribution in [0.25, 0.3) is 10.8 Å². The summed E-state index contributed by atoms with van der Waals surface area (Å²) in [6, 6.07) is 9.22. The first-order valence-electron chi connectivity index (χ1n) is 7.04. The van der Waals surface area contributed by atoms with Gasteiger partial charge in [0.1, 0.15) is 6.33 Å². The van der Waals surface area contributed by atoms with Crippen molar-refractivity contribution in [1.82, 2.24) is 19.9 Å². The molecule has 1 aromatic carbocycles. The van der Waals surface area contributed by atoms with Gasteiger partial charge < -0.3 is 4.90 Å². The molecule has 0 aliphatic carbocycles. The van der Waals surface area contributed by atoms with Gasteiger partial charge in [0.25, 0.3) is 5.91 Å². The van der Waals surface area contributed by atoms with Crippen molar-refractivity contribution in [1.29, 1.82) is 0 Å². The van der Waals surface area contributed by atoms with Crippen LogP contribution in [-0.4, -0.2) is 32.8 Å². The molecule has 0 aliphatic rings. The third-order valence-electron chi connectivity index (χ3n) is 3.85. The van der Waals surface area contributed by atoms with Gasteiger partial charge in [-0.05, 0) is 30.5 Å². The molecule has 0 unspecified atom stereocenters. The molecular weight excluding hydrogens is 276 g/mol. The van der Waals surface area contributed by atoms with E-state index in [4.69, 9.17) is 0 Å². The second kappa shape index (κ2) is 5.89. The van der Waals surface area contributed by atoms with Gasteiger partial charge in [-0.1, -0.05) is 12.1 Å². The Morgan fingerprint density at radius 2 is 1.95 bits per heavy atom. The van der Waals surface area contributed by atoms with Gasteiger partial charge >= 0.3 is 0 Å². The van der Waals surface area contributed by atoms with Gasteiger partial charge in [0.2, 0.25) is 0 Å². The fraction of sp³-hybridized carbons (Fsp3) is 0.176. The summed E-state index contributed by atoms with van der Waals surface area (Å²) in [6.07, 6.45) is 6.64. The highest BCUT2D eigenvalue weighted by atomic mass is 16.2. The van der Waals surface area contributed by atoms with Gasteiger partial charge in [-0.3, -0.25) is 9.78 Å². The number of fused-ring (bicyclic) bond motifs is 1. The van der Waals surface area contributed by atoms with Crippen LogP contribution >= 0.6 is 0 Å². The second-order valence-electron chi connectivity index (χ2n) is 5.13. The van der Waals surface area contributed by atoms with Crippen molar-refractivity contribution in [2.45, 2.75) is 13.0 Å². The van der Waals surface area contributed by atoms with E-state index in [0.717, 1.165) is 16.5 Å². The first-order chi connectivity index (χ1) is 10.7. The number of aromatic nitrogens is 3. The van der Waals surface area contributed by atoms with E-state index in [1.807, 2.05) is 37.3 Å². The van der Waals surface area contributed by atoms with Crippen LogP contribution in [0.1, 0.15) is 29.0 Å². The zero-order valence-electron chi connectivity index (χ0n) is 12.5. The van der Waals surface area contributed by atoms with Crippen LogP contribution < -0.4 is 0 Å². The summed E-state index contributed by atoms with van der Waals surface area (Å²) >= 11 is 0. The number of pyridine rings is 1. The summed E-state index contributed by atoms with van der Waals surface area (Å²) in [5, 5.41) is 1.86. The van der Waals surface area contributed by atoms with Crippen LogP contribution in [0.5, 0.6) is 0 Å². The minimum atomic E-state index is -0.132. The van der Waals surface area contributed by atoms with Crippen LogP contribution in [0, 0.1) is 0 Å². The minimum absolute atomic E-state index is 0.0390.